The Bertz CT molecular complexity index is 535. The minimum absolute atomic E-state index is 0.287. The van der Waals surface area contributed by atoms with E-state index >= 15 is 0 Å². The summed E-state index contributed by atoms with van der Waals surface area (Å²) >= 11 is 0. The van der Waals surface area contributed by atoms with Crippen molar-refractivity contribution in [3.63, 3.8) is 0 Å². The maximum Gasteiger partial charge on any atom is 0.487 e. The Morgan fingerprint density at radius 3 is 2.33 bits per heavy atom. The van der Waals surface area contributed by atoms with Gasteiger partial charge in [0, 0.05) is 19.2 Å². The average molecular weight is 289 g/mol. The van der Waals surface area contributed by atoms with Gasteiger partial charge in [0.1, 0.15) is 0 Å². The summed E-state index contributed by atoms with van der Waals surface area (Å²) in [6, 6.07) is 3.46. The van der Waals surface area contributed by atoms with Crippen molar-refractivity contribution in [1.82, 2.24) is 4.98 Å². The van der Waals surface area contributed by atoms with E-state index in [1.54, 1.807) is 12.3 Å². The Labute approximate surface area is 125 Å². The van der Waals surface area contributed by atoms with E-state index in [0.717, 1.165) is 5.56 Å². The lowest BCUT2D eigenvalue weighted by atomic mass is 9.89. The summed E-state index contributed by atoms with van der Waals surface area (Å²) in [5, 5.41) is 0. The summed E-state index contributed by atoms with van der Waals surface area (Å²) in [5.41, 5.74) is 0.180. The summed E-state index contributed by atoms with van der Waals surface area (Å²) in [5.74, 6) is 1.75. The average Bonchev–Trinajstić information content (AvgIpc) is 2.56. The van der Waals surface area contributed by atoms with Crippen LogP contribution in [0.3, 0.4) is 0 Å². The normalized spacial score (nSPS) is 20.0. The maximum atomic E-state index is 10.8. The van der Waals surface area contributed by atoms with Gasteiger partial charge >= 0.3 is 13.1 Å². The topological polar surface area (TPSA) is 57.7 Å². The highest BCUT2D eigenvalue weighted by Gasteiger charge is 2.49. The number of carbonyl (C=O) groups excluding carboxylic acids is 1. The van der Waals surface area contributed by atoms with Gasteiger partial charge in [-0.05, 0) is 39.3 Å². The zero-order valence-electron chi connectivity index (χ0n) is 13.0. The summed E-state index contributed by atoms with van der Waals surface area (Å²) < 4.78 is 16.6. The first kappa shape index (κ1) is 15.7. The van der Waals surface area contributed by atoms with E-state index < -0.39 is 0 Å². The molecule has 2 heterocycles. The van der Waals surface area contributed by atoms with Crippen LogP contribution in [0.4, 0.5) is 0 Å². The van der Waals surface area contributed by atoms with Crippen LogP contribution in [0.1, 0.15) is 40.2 Å². The molecule has 0 N–H and O–H groups in total. The molecule has 0 aromatic carbocycles. The highest BCUT2D eigenvalue weighted by molar-refractivity contribution is 6.52. The van der Waals surface area contributed by atoms with Gasteiger partial charge in [0.05, 0.1) is 11.2 Å². The predicted molar refractivity (Wildman–Crippen MR) is 80.7 cm³/mol. The molecule has 1 aromatic rings. The molecule has 0 bridgehead atoms. The third-order valence-corrected chi connectivity index (χ3v) is 3.72. The Balaban J connectivity index is 2.01. The molecule has 0 saturated carbocycles. The van der Waals surface area contributed by atoms with E-state index in [-0.39, 0.29) is 30.2 Å². The zero-order chi connectivity index (χ0) is 15.7. The van der Waals surface area contributed by atoms with Gasteiger partial charge in [-0.2, -0.15) is 0 Å². The van der Waals surface area contributed by atoms with Gasteiger partial charge in [0.2, 0.25) is 5.88 Å². The number of rotatable bonds is 3. The van der Waals surface area contributed by atoms with E-state index in [0.29, 0.717) is 0 Å². The van der Waals surface area contributed by atoms with Crippen molar-refractivity contribution in [2.75, 3.05) is 0 Å². The molecular weight excluding hydrogens is 269 g/mol. The second-order valence-corrected chi connectivity index (χ2v) is 6.01. The fraction of sp³-hybridized carbons (Fsp3) is 0.467. The van der Waals surface area contributed by atoms with Crippen molar-refractivity contribution in [3.8, 4) is 5.88 Å². The molecule has 1 aromatic heterocycles. The molecule has 1 saturated heterocycles. The van der Waals surface area contributed by atoms with Crippen molar-refractivity contribution in [1.29, 1.82) is 0 Å². The summed E-state index contributed by atoms with van der Waals surface area (Å²) in [6.07, 6.45) is 3.49. The maximum absolute atomic E-state index is 10.8. The number of ether oxygens (including phenoxy) is 1. The second-order valence-electron chi connectivity index (χ2n) is 6.01. The lowest BCUT2D eigenvalue weighted by Gasteiger charge is -2.32. The first-order valence-electron chi connectivity index (χ1n) is 6.88. The van der Waals surface area contributed by atoms with Gasteiger partial charge in [-0.15, -0.1) is 0 Å². The third kappa shape index (κ3) is 3.71. The minimum Gasteiger partial charge on any atom is -0.408 e. The number of carbonyl (C=O) groups is 1. The molecule has 0 unspecified atom stereocenters. The van der Waals surface area contributed by atoms with Crippen molar-refractivity contribution in [2.45, 2.75) is 45.8 Å². The van der Waals surface area contributed by atoms with Crippen molar-refractivity contribution in [2.24, 2.45) is 0 Å². The molecule has 1 aliphatic heterocycles. The molecule has 21 heavy (non-hydrogen) atoms. The first-order chi connectivity index (χ1) is 9.69. The number of hydrogen-bond donors (Lipinski definition) is 0. The van der Waals surface area contributed by atoms with Crippen LogP contribution in [0, 0.1) is 0 Å². The molecular formula is C15H20BNO4. The number of nitrogens with zero attached hydrogens (tertiary/aromatic N) is 1. The highest BCUT2D eigenvalue weighted by Crippen LogP contribution is 2.36. The van der Waals surface area contributed by atoms with Crippen LogP contribution < -0.4 is 4.74 Å². The Hall–Kier alpha value is -1.66. The molecule has 1 aliphatic rings. The predicted octanol–water partition coefficient (Wildman–Crippen LogP) is 2.65. The van der Waals surface area contributed by atoms with Crippen LogP contribution in [0.15, 0.2) is 24.3 Å². The van der Waals surface area contributed by atoms with Crippen LogP contribution in [-0.4, -0.2) is 29.3 Å². The standard InChI is InChI=1S/C15H20BNO4/c1-11(18)19-13-7-6-12(10-17-13)8-9-16-20-14(2,3)15(4,5)21-16/h6-10H,1-5H3/b9-8+. The van der Waals surface area contributed by atoms with E-state index in [2.05, 4.69) is 4.98 Å². The largest absolute Gasteiger partial charge is 0.487 e. The van der Waals surface area contributed by atoms with E-state index in [1.165, 1.54) is 6.92 Å². The lowest BCUT2D eigenvalue weighted by Crippen LogP contribution is -2.41. The molecule has 0 atom stereocenters. The Morgan fingerprint density at radius 1 is 1.24 bits per heavy atom. The van der Waals surface area contributed by atoms with Gasteiger partial charge in [-0.3, -0.25) is 4.79 Å². The quantitative estimate of drug-likeness (QED) is 0.632. The van der Waals surface area contributed by atoms with E-state index in [4.69, 9.17) is 14.0 Å². The highest BCUT2D eigenvalue weighted by atomic mass is 16.7. The molecule has 6 heteroatoms. The SMILES string of the molecule is CC(=O)Oc1ccc(/C=C/B2OC(C)(C)C(C)(C)O2)cn1. The fourth-order valence-corrected chi connectivity index (χ4v) is 1.85. The van der Waals surface area contributed by atoms with Crippen molar-refractivity contribution in [3.05, 3.63) is 29.9 Å². The van der Waals surface area contributed by atoms with Crippen molar-refractivity contribution >= 4 is 19.2 Å². The van der Waals surface area contributed by atoms with Crippen LogP contribution >= 0.6 is 0 Å². The molecule has 112 valence electrons. The number of esters is 1. The number of pyridine rings is 1. The second kappa shape index (κ2) is 5.62. The number of hydrogen-bond acceptors (Lipinski definition) is 5. The molecule has 2 rings (SSSR count). The van der Waals surface area contributed by atoms with Crippen LogP contribution in [0.25, 0.3) is 6.08 Å². The minimum atomic E-state index is -0.386. The summed E-state index contributed by atoms with van der Waals surface area (Å²) in [7, 11) is -0.386. The first-order valence-corrected chi connectivity index (χ1v) is 6.88. The smallest absolute Gasteiger partial charge is 0.408 e. The molecule has 0 radical (unpaired) electrons. The van der Waals surface area contributed by atoms with E-state index in [9.17, 15) is 4.79 Å². The van der Waals surface area contributed by atoms with E-state index in [1.807, 2.05) is 45.8 Å². The van der Waals surface area contributed by atoms with Gasteiger partial charge in [0.15, 0.2) is 0 Å². The summed E-state index contributed by atoms with van der Waals surface area (Å²) in [4.78, 5) is 14.9. The lowest BCUT2D eigenvalue weighted by molar-refractivity contribution is -0.132. The molecule has 5 nitrogen and oxygen atoms in total. The number of aromatic nitrogens is 1. The Kier molecular flexibility index (Phi) is 4.21. The fourth-order valence-electron chi connectivity index (χ4n) is 1.85. The molecule has 0 aliphatic carbocycles. The molecule has 0 spiro atoms. The monoisotopic (exact) mass is 289 g/mol. The summed E-state index contributed by atoms with van der Waals surface area (Å²) in [6.45, 7) is 9.38. The van der Waals surface area contributed by atoms with Gasteiger partial charge in [-0.25, -0.2) is 4.98 Å². The van der Waals surface area contributed by atoms with Gasteiger partial charge in [0.25, 0.3) is 0 Å². The van der Waals surface area contributed by atoms with Crippen LogP contribution in [0.5, 0.6) is 5.88 Å². The Morgan fingerprint density at radius 2 is 1.86 bits per heavy atom. The third-order valence-electron chi connectivity index (χ3n) is 3.72. The molecule has 1 fully saturated rings. The van der Waals surface area contributed by atoms with Gasteiger partial charge in [-0.1, -0.05) is 12.1 Å². The van der Waals surface area contributed by atoms with Gasteiger partial charge < -0.3 is 14.0 Å². The van der Waals surface area contributed by atoms with Crippen LogP contribution in [0.2, 0.25) is 0 Å². The van der Waals surface area contributed by atoms with Crippen molar-refractivity contribution < 1.29 is 18.8 Å². The molecule has 0 amide bonds. The zero-order valence-corrected chi connectivity index (χ0v) is 13.0. The van der Waals surface area contributed by atoms with Crippen LogP contribution in [-0.2, 0) is 14.1 Å².